The van der Waals surface area contributed by atoms with Gasteiger partial charge in [-0.05, 0) is 19.0 Å². The lowest BCUT2D eigenvalue weighted by atomic mass is 10.1. The molecule has 1 aliphatic heterocycles. The van der Waals surface area contributed by atoms with Gasteiger partial charge in [0.2, 0.25) is 0 Å². The number of likely N-dealkylation sites (N-methyl/N-ethyl adjacent to an activating group) is 1. The zero-order chi connectivity index (χ0) is 11.6. The molecular formula is C9H16N2O3S. The van der Waals surface area contributed by atoms with E-state index in [1.54, 1.807) is 11.0 Å². The van der Waals surface area contributed by atoms with Crippen LogP contribution in [-0.2, 0) is 10.1 Å². The van der Waals surface area contributed by atoms with Gasteiger partial charge in [0.05, 0.1) is 5.71 Å². The van der Waals surface area contributed by atoms with E-state index in [0.29, 0.717) is 13.1 Å². The van der Waals surface area contributed by atoms with E-state index in [1.165, 1.54) is 0 Å². The summed E-state index contributed by atoms with van der Waals surface area (Å²) < 4.78 is 31.2. The van der Waals surface area contributed by atoms with Crippen LogP contribution in [0.2, 0.25) is 0 Å². The second-order valence-electron chi connectivity index (χ2n) is 3.54. The molecule has 0 aromatic rings. The molecule has 15 heavy (non-hydrogen) atoms. The summed E-state index contributed by atoms with van der Waals surface area (Å²) in [5.41, 5.74) is 0.962. The number of hydrogen-bond acceptors (Lipinski definition) is 4. The maximum Gasteiger partial charge on any atom is 0.287 e. The Balaban J connectivity index is 3.08. The van der Waals surface area contributed by atoms with E-state index in [9.17, 15) is 8.42 Å². The average Bonchev–Trinajstić information content (AvgIpc) is 2.14. The number of nitrogens with one attached hydrogen (secondary N) is 1. The van der Waals surface area contributed by atoms with Crippen molar-refractivity contribution in [2.75, 3.05) is 13.1 Å². The maximum atomic E-state index is 11.1. The molecule has 1 rings (SSSR count). The first-order valence-corrected chi connectivity index (χ1v) is 6.38. The van der Waals surface area contributed by atoms with E-state index in [-0.39, 0.29) is 5.71 Å². The molecule has 1 heterocycles. The highest BCUT2D eigenvalue weighted by Crippen LogP contribution is 2.19. The molecular weight excluding hydrogens is 216 g/mol. The molecule has 0 aliphatic carbocycles. The van der Waals surface area contributed by atoms with Crippen LogP contribution in [0.15, 0.2) is 11.6 Å². The third-order valence-corrected chi connectivity index (χ3v) is 3.62. The monoisotopic (exact) mass is 232 g/mol. The SMILES string of the molecule is CCC1=CC(=N)C(S(=O)(=O)O)N(CC)C1. The summed E-state index contributed by atoms with van der Waals surface area (Å²) in [7, 11) is -4.21. The summed E-state index contributed by atoms with van der Waals surface area (Å²) in [5, 5.41) is 6.42. The van der Waals surface area contributed by atoms with E-state index < -0.39 is 15.5 Å². The zero-order valence-corrected chi connectivity index (χ0v) is 9.71. The third-order valence-electron chi connectivity index (χ3n) is 2.51. The van der Waals surface area contributed by atoms with E-state index in [0.717, 1.165) is 12.0 Å². The Bertz CT molecular complexity index is 386. The highest BCUT2D eigenvalue weighted by molar-refractivity contribution is 7.87. The van der Waals surface area contributed by atoms with Crippen molar-refractivity contribution in [3.63, 3.8) is 0 Å². The molecule has 0 aromatic heterocycles. The van der Waals surface area contributed by atoms with Crippen LogP contribution in [0.1, 0.15) is 20.3 Å². The first kappa shape index (κ1) is 12.4. The highest BCUT2D eigenvalue weighted by Gasteiger charge is 2.35. The number of rotatable bonds is 3. The fourth-order valence-electron chi connectivity index (χ4n) is 1.72. The van der Waals surface area contributed by atoms with Gasteiger partial charge >= 0.3 is 0 Å². The van der Waals surface area contributed by atoms with Crippen LogP contribution >= 0.6 is 0 Å². The topological polar surface area (TPSA) is 81.5 Å². The van der Waals surface area contributed by atoms with Crippen LogP contribution in [0.4, 0.5) is 0 Å². The molecule has 0 radical (unpaired) electrons. The summed E-state index contributed by atoms with van der Waals surface area (Å²) in [6.07, 6.45) is 2.33. The van der Waals surface area contributed by atoms with Crippen LogP contribution in [-0.4, -0.2) is 42.0 Å². The van der Waals surface area contributed by atoms with Gasteiger partial charge in [-0.25, -0.2) is 0 Å². The molecule has 2 N–H and O–H groups in total. The van der Waals surface area contributed by atoms with E-state index in [2.05, 4.69) is 0 Å². The minimum atomic E-state index is -4.21. The molecule has 0 saturated heterocycles. The minimum Gasteiger partial charge on any atom is -0.302 e. The van der Waals surface area contributed by atoms with E-state index in [1.807, 2.05) is 13.8 Å². The molecule has 0 amide bonds. The molecule has 6 heteroatoms. The molecule has 0 fully saturated rings. The van der Waals surface area contributed by atoms with Crippen molar-refractivity contribution in [1.29, 1.82) is 5.41 Å². The Labute approximate surface area is 90.0 Å². The quantitative estimate of drug-likeness (QED) is 0.708. The second-order valence-corrected chi connectivity index (χ2v) is 5.02. The summed E-state index contributed by atoms with van der Waals surface area (Å²) in [6, 6.07) is 0. The molecule has 5 nitrogen and oxygen atoms in total. The Morgan fingerprint density at radius 2 is 2.20 bits per heavy atom. The van der Waals surface area contributed by atoms with Crippen LogP contribution in [0.5, 0.6) is 0 Å². The zero-order valence-electron chi connectivity index (χ0n) is 8.90. The summed E-state index contributed by atoms with van der Waals surface area (Å²) in [4.78, 5) is 1.58. The van der Waals surface area contributed by atoms with Crippen molar-refractivity contribution in [2.24, 2.45) is 0 Å². The molecule has 86 valence electrons. The van der Waals surface area contributed by atoms with Crippen LogP contribution in [0.25, 0.3) is 0 Å². The van der Waals surface area contributed by atoms with Gasteiger partial charge in [0.25, 0.3) is 10.1 Å². The van der Waals surface area contributed by atoms with Gasteiger partial charge in [0.1, 0.15) is 0 Å². The van der Waals surface area contributed by atoms with Crippen molar-refractivity contribution in [3.8, 4) is 0 Å². The van der Waals surface area contributed by atoms with Gasteiger partial charge in [0, 0.05) is 6.54 Å². The van der Waals surface area contributed by atoms with Crippen LogP contribution in [0.3, 0.4) is 0 Å². The van der Waals surface area contributed by atoms with Crippen molar-refractivity contribution in [3.05, 3.63) is 11.6 Å². The van der Waals surface area contributed by atoms with Gasteiger partial charge in [-0.2, -0.15) is 8.42 Å². The Hall–Kier alpha value is -0.720. The molecule has 0 bridgehead atoms. The molecule has 1 aliphatic rings. The number of hydrogen-bond donors (Lipinski definition) is 2. The summed E-state index contributed by atoms with van der Waals surface area (Å²) in [6.45, 7) is 4.76. The predicted octanol–water partition coefficient (Wildman–Crippen LogP) is 0.892. The fourth-order valence-corrected chi connectivity index (χ4v) is 2.71. The lowest BCUT2D eigenvalue weighted by Crippen LogP contribution is -2.49. The highest BCUT2D eigenvalue weighted by atomic mass is 32.2. The van der Waals surface area contributed by atoms with Gasteiger partial charge in [-0.15, -0.1) is 0 Å². The largest absolute Gasteiger partial charge is 0.302 e. The maximum absolute atomic E-state index is 11.1. The van der Waals surface area contributed by atoms with Crippen molar-refractivity contribution < 1.29 is 13.0 Å². The van der Waals surface area contributed by atoms with Gasteiger partial charge in [0.15, 0.2) is 5.37 Å². The van der Waals surface area contributed by atoms with Crippen molar-refractivity contribution >= 4 is 15.8 Å². The second kappa shape index (κ2) is 4.42. The standard InChI is InChI=1S/C9H16N2O3S/c1-3-7-5-8(10)9(15(12,13)14)11(4-2)6-7/h5,9-10H,3-4,6H2,1-2H3,(H,12,13,14). The predicted molar refractivity (Wildman–Crippen MR) is 58.7 cm³/mol. The first-order chi connectivity index (χ1) is 6.90. The normalized spacial score (nSPS) is 24.1. The van der Waals surface area contributed by atoms with E-state index >= 15 is 0 Å². The van der Waals surface area contributed by atoms with Crippen LogP contribution in [0, 0.1) is 5.41 Å². The van der Waals surface area contributed by atoms with E-state index in [4.69, 9.17) is 9.96 Å². The summed E-state index contributed by atoms with van der Waals surface area (Å²) in [5.74, 6) is 0. The Morgan fingerprint density at radius 3 is 2.60 bits per heavy atom. The lowest BCUT2D eigenvalue weighted by Gasteiger charge is -2.32. The molecule has 1 unspecified atom stereocenters. The molecule has 0 spiro atoms. The van der Waals surface area contributed by atoms with Crippen molar-refractivity contribution in [1.82, 2.24) is 4.90 Å². The molecule has 0 saturated carbocycles. The molecule has 0 aromatic carbocycles. The van der Waals surface area contributed by atoms with Crippen molar-refractivity contribution in [2.45, 2.75) is 25.6 Å². The first-order valence-electron chi connectivity index (χ1n) is 4.88. The lowest BCUT2D eigenvalue weighted by molar-refractivity contribution is 0.301. The summed E-state index contributed by atoms with van der Waals surface area (Å²) >= 11 is 0. The Morgan fingerprint density at radius 1 is 1.60 bits per heavy atom. The minimum absolute atomic E-state index is 0.0533. The fraction of sp³-hybridized carbons (Fsp3) is 0.667. The Kier molecular flexibility index (Phi) is 3.64. The molecule has 1 atom stereocenters. The average molecular weight is 232 g/mol. The third kappa shape index (κ3) is 2.64. The number of nitrogens with zero attached hydrogens (tertiary/aromatic N) is 1. The van der Waals surface area contributed by atoms with Crippen LogP contribution < -0.4 is 0 Å². The smallest absolute Gasteiger partial charge is 0.287 e. The van der Waals surface area contributed by atoms with Gasteiger partial charge in [-0.3, -0.25) is 9.45 Å². The van der Waals surface area contributed by atoms with Gasteiger partial charge < -0.3 is 5.41 Å². The van der Waals surface area contributed by atoms with Gasteiger partial charge in [-0.1, -0.05) is 19.4 Å².